The van der Waals surface area contributed by atoms with E-state index in [-0.39, 0.29) is 17.5 Å². The topological polar surface area (TPSA) is 66.4 Å². The largest absolute Gasteiger partial charge is 0.392 e. The van der Waals surface area contributed by atoms with Gasteiger partial charge < -0.3 is 5.11 Å². The van der Waals surface area contributed by atoms with Gasteiger partial charge in [0.2, 0.25) is 10.0 Å². The highest BCUT2D eigenvalue weighted by molar-refractivity contribution is 9.10. The van der Waals surface area contributed by atoms with E-state index in [1.165, 1.54) is 6.07 Å². The molecule has 0 heterocycles. The molecule has 120 valence electrons. The first kappa shape index (κ1) is 18.6. The van der Waals surface area contributed by atoms with Crippen LogP contribution < -0.4 is 4.72 Å². The van der Waals surface area contributed by atoms with Gasteiger partial charge in [-0.15, -0.1) is 0 Å². The van der Waals surface area contributed by atoms with Crippen molar-refractivity contribution in [1.29, 1.82) is 0 Å². The lowest BCUT2D eigenvalue weighted by Gasteiger charge is -2.16. The molecule has 0 spiro atoms. The molecule has 0 radical (unpaired) electrons. The van der Waals surface area contributed by atoms with Gasteiger partial charge in [0.1, 0.15) is 0 Å². The van der Waals surface area contributed by atoms with Crippen LogP contribution in [0.5, 0.6) is 0 Å². The molecule has 0 saturated carbocycles. The zero-order valence-electron chi connectivity index (χ0n) is 12.8. The maximum atomic E-state index is 12.4. The summed E-state index contributed by atoms with van der Waals surface area (Å²) in [6, 6.07) is 4.65. The number of sulfonamides is 1. The number of hydrogen-bond donors (Lipinski definition) is 2. The van der Waals surface area contributed by atoms with Crippen molar-refractivity contribution in [3.63, 3.8) is 0 Å². The quantitative estimate of drug-likeness (QED) is 0.728. The van der Waals surface area contributed by atoms with Crippen LogP contribution in [-0.4, -0.2) is 19.6 Å². The van der Waals surface area contributed by atoms with E-state index >= 15 is 0 Å². The second-order valence-corrected chi connectivity index (χ2v) is 8.31. The number of benzene rings is 1. The molecular formula is C15H24BrNO3S. The fourth-order valence-corrected chi connectivity index (χ4v) is 4.48. The van der Waals surface area contributed by atoms with E-state index in [4.69, 9.17) is 5.11 Å². The average Bonchev–Trinajstić information content (AvgIpc) is 2.36. The number of aliphatic hydroxyl groups is 1. The van der Waals surface area contributed by atoms with E-state index in [1.54, 1.807) is 12.1 Å². The number of aliphatic hydroxyl groups excluding tert-OH is 1. The summed E-state index contributed by atoms with van der Waals surface area (Å²) in [5, 5.41) is 9.06. The van der Waals surface area contributed by atoms with E-state index in [0.717, 1.165) is 19.3 Å². The van der Waals surface area contributed by atoms with Gasteiger partial charge in [0.25, 0.3) is 0 Å². The first-order valence-electron chi connectivity index (χ1n) is 7.18. The van der Waals surface area contributed by atoms with Crippen molar-refractivity contribution in [2.24, 2.45) is 5.92 Å². The summed E-state index contributed by atoms with van der Waals surface area (Å²) in [4.78, 5) is 0.204. The first-order valence-corrected chi connectivity index (χ1v) is 9.45. The molecule has 0 saturated heterocycles. The maximum absolute atomic E-state index is 12.4. The summed E-state index contributed by atoms with van der Waals surface area (Å²) in [5.74, 6) is 0.633. The molecule has 1 aromatic rings. The Hall–Kier alpha value is -0.430. The van der Waals surface area contributed by atoms with Gasteiger partial charge in [-0.2, -0.15) is 0 Å². The molecule has 0 aliphatic carbocycles. The van der Waals surface area contributed by atoms with Crippen molar-refractivity contribution in [3.8, 4) is 0 Å². The van der Waals surface area contributed by atoms with Gasteiger partial charge in [0.15, 0.2) is 0 Å². The zero-order valence-corrected chi connectivity index (χ0v) is 15.2. The second kappa shape index (κ2) is 8.27. The van der Waals surface area contributed by atoms with Crippen LogP contribution >= 0.6 is 15.9 Å². The van der Waals surface area contributed by atoms with E-state index in [9.17, 15) is 8.42 Å². The Balaban J connectivity index is 2.73. The van der Waals surface area contributed by atoms with Crippen molar-refractivity contribution >= 4 is 26.0 Å². The lowest BCUT2D eigenvalue weighted by Crippen LogP contribution is -2.32. The minimum atomic E-state index is -3.54. The number of halogens is 1. The van der Waals surface area contributed by atoms with Crippen LogP contribution in [0.25, 0.3) is 0 Å². The average molecular weight is 378 g/mol. The number of nitrogens with one attached hydrogen (secondary N) is 1. The second-order valence-electron chi connectivity index (χ2n) is 5.77. The van der Waals surface area contributed by atoms with Crippen molar-refractivity contribution in [3.05, 3.63) is 28.2 Å². The van der Waals surface area contributed by atoms with Crippen LogP contribution in [0.1, 0.15) is 45.6 Å². The highest BCUT2D eigenvalue weighted by Crippen LogP contribution is 2.24. The van der Waals surface area contributed by atoms with Gasteiger partial charge in [-0.05, 0) is 52.9 Å². The Morgan fingerprint density at radius 3 is 2.43 bits per heavy atom. The smallest absolute Gasteiger partial charge is 0.241 e. The highest BCUT2D eigenvalue weighted by atomic mass is 79.9. The van der Waals surface area contributed by atoms with E-state index in [0.29, 0.717) is 16.0 Å². The molecule has 1 unspecified atom stereocenters. The molecule has 1 rings (SSSR count). The molecule has 21 heavy (non-hydrogen) atoms. The van der Waals surface area contributed by atoms with Gasteiger partial charge in [0.05, 0.1) is 11.5 Å². The maximum Gasteiger partial charge on any atom is 0.241 e. The van der Waals surface area contributed by atoms with Gasteiger partial charge in [0, 0.05) is 10.5 Å². The van der Waals surface area contributed by atoms with Crippen LogP contribution in [0.2, 0.25) is 0 Å². The fourth-order valence-electron chi connectivity index (χ4n) is 2.08. The summed E-state index contributed by atoms with van der Waals surface area (Å²) in [6.07, 6.45) is 2.93. The Kier molecular flexibility index (Phi) is 7.33. The van der Waals surface area contributed by atoms with E-state index < -0.39 is 10.0 Å². The van der Waals surface area contributed by atoms with Gasteiger partial charge in [-0.3, -0.25) is 0 Å². The summed E-state index contributed by atoms with van der Waals surface area (Å²) in [6.45, 7) is 6.09. The third kappa shape index (κ3) is 6.06. The Morgan fingerprint density at radius 1 is 1.24 bits per heavy atom. The molecule has 1 aromatic carbocycles. The molecule has 0 aliphatic rings. The molecule has 1 atom stereocenters. The van der Waals surface area contributed by atoms with Crippen molar-refractivity contribution in [2.45, 2.75) is 57.6 Å². The lowest BCUT2D eigenvalue weighted by molar-refractivity contribution is 0.281. The molecule has 0 amide bonds. The molecule has 0 aromatic heterocycles. The molecule has 0 fully saturated rings. The Labute approximate surface area is 136 Å². The molecule has 6 heteroatoms. The normalized spacial score (nSPS) is 13.6. The third-order valence-electron chi connectivity index (χ3n) is 3.24. The number of hydrogen-bond acceptors (Lipinski definition) is 3. The third-order valence-corrected chi connectivity index (χ3v) is 5.81. The molecule has 2 N–H and O–H groups in total. The first-order chi connectivity index (χ1) is 9.76. The SMILES string of the molecule is CC(C)CCCC(C)NS(=O)(=O)c1ccc(CO)cc1Br. The summed E-state index contributed by atoms with van der Waals surface area (Å²) in [7, 11) is -3.54. The van der Waals surface area contributed by atoms with Crippen molar-refractivity contribution in [2.75, 3.05) is 0 Å². The Bertz CT molecular complexity index is 558. The number of rotatable bonds is 8. The van der Waals surface area contributed by atoms with E-state index in [1.807, 2.05) is 6.92 Å². The van der Waals surface area contributed by atoms with Gasteiger partial charge in [-0.25, -0.2) is 13.1 Å². The summed E-state index contributed by atoms with van der Waals surface area (Å²) < 4.78 is 27.9. The van der Waals surface area contributed by atoms with Crippen LogP contribution in [0.15, 0.2) is 27.6 Å². The van der Waals surface area contributed by atoms with Crippen molar-refractivity contribution < 1.29 is 13.5 Å². The zero-order chi connectivity index (χ0) is 16.0. The van der Waals surface area contributed by atoms with Crippen LogP contribution in [-0.2, 0) is 16.6 Å². The molecule has 0 aliphatic heterocycles. The van der Waals surface area contributed by atoms with Crippen LogP contribution in [0.3, 0.4) is 0 Å². The lowest BCUT2D eigenvalue weighted by atomic mass is 10.0. The van der Waals surface area contributed by atoms with E-state index in [2.05, 4.69) is 34.5 Å². The highest BCUT2D eigenvalue weighted by Gasteiger charge is 2.20. The Morgan fingerprint density at radius 2 is 1.90 bits per heavy atom. The summed E-state index contributed by atoms with van der Waals surface area (Å²) in [5.41, 5.74) is 0.672. The summed E-state index contributed by atoms with van der Waals surface area (Å²) >= 11 is 3.26. The fraction of sp³-hybridized carbons (Fsp3) is 0.600. The minimum Gasteiger partial charge on any atom is -0.392 e. The molecular weight excluding hydrogens is 354 g/mol. The van der Waals surface area contributed by atoms with Crippen molar-refractivity contribution in [1.82, 2.24) is 4.72 Å². The predicted octanol–water partition coefficient (Wildman–Crippen LogP) is 3.43. The predicted molar refractivity (Wildman–Crippen MR) is 88.5 cm³/mol. The molecule has 4 nitrogen and oxygen atoms in total. The van der Waals surface area contributed by atoms with Gasteiger partial charge in [-0.1, -0.05) is 32.8 Å². The van der Waals surface area contributed by atoms with Gasteiger partial charge >= 0.3 is 0 Å². The minimum absolute atomic E-state index is 0.0989. The molecule has 0 bridgehead atoms. The van der Waals surface area contributed by atoms with Crippen LogP contribution in [0, 0.1) is 5.92 Å². The standard InChI is InChI=1S/C15H24BrNO3S/c1-11(2)5-4-6-12(3)17-21(19,20)15-8-7-13(10-18)9-14(15)16/h7-9,11-12,17-18H,4-6,10H2,1-3H3. The monoisotopic (exact) mass is 377 g/mol. The van der Waals surface area contributed by atoms with Crippen LogP contribution in [0.4, 0.5) is 0 Å².